The number of hydrogen-bond donors (Lipinski definition) is 1. The lowest BCUT2D eigenvalue weighted by molar-refractivity contribution is -0.125. The number of rotatable bonds is 6. The second kappa shape index (κ2) is 9.25. The van der Waals surface area contributed by atoms with Gasteiger partial charge in [-0.25, -0.2) is 4.79 Å². The van der Waals surface area contributed by atoms with Crippen LogP contribution in [-0.4, -0.2) is 34.3 Å². The first-order valence-electron chi connectivity index (χ1n) is 10.4. The molecule has 1 N–H and O–H groups in total. The summed E-state index contributed by atoms with van der Waals surface area (Å²) in [7, 11) is 0. The fourth-order valence-electron chi connectivity index (χ4n) is 4.14. The molecule has 2 aromatic rings. The van der Waals surface area contributed by atoms with Gasteiger partial charge in [-0.15, -0.1) is 0 Å². The van der Waals surface area contributed by atoms with E-state index in [0.717, 1.165) is 24.1 Å². The highest BCUT2D eigenvalue weighted by atomic mass is 16.5. The third-order valence-corrected chi connectivity index (χ3v) is 6.15. The fraction of sp³-hybridized carbons (Fsp3) is 0.522. The zero-order valence-electron chi connectivity index (χ0n) is 17.8. The second-order valence-corrected chi connectivity index (χ2v) is 8.21. The van der Waals surface area contributed by atoms with Gasteiger partial charge in [-0.05, 0) is 37.7 Å². The Morgan fingerprint density at radius 2 is 1.90 bits per heavy atom. The predicted molar refractivity (Wildman–Crippen MR) is 112 cm³/mol. The van der Waals surface area contributed by atoms with Crippen molar-refractivity contribution in [2.45, 2.75) is 59.5 Å². The van der Waals surface area contributed by atoms with Crippen molar-refractivity contribution in [1.82, 2.24) is 15.1 Å². The van der Waals surface area contributed by atoms with E-state index in [1.807, 2.05) is 37.3 Å². The normalized spacial score (nSPS) is 21.6. The van der Waals surface area contributed by atoms with E-state index in [4.69, 9.17) is 4.74 Å². The minimum atomic E-state index is -0.500. The van der Waals surface area contributed by atoms with Gasteiger partial charge in [0.2, 0.25) is 0 Å². The summed E-state index contributed by atoms with van der Waals surface area (Å²) in [5.74, 6) is 0.289. The number of esters is 1. The number of aryl methyl sites for hydroxylation is 1. The first-order chi connectivity index (χ1) is 13.9. The summed E-state index contributed by atoms with van der Waals surface area (Å²) in [6, 6.07) is 10.1. The summed E-state index contributed by atoms with van der Waals surface area (Å²) in [5.41, 5.74) is 2.90. The lowest BCUT2D eigenvalue weighted by atomic mass is 9.78. The predicted octanol–water partition coefficient (Wildman–Crippen LogP) is 3.65. The maximum atomic E-state index is 12.6. The third-order valence-electron chi connectivity index (χ3n) is 6.15. The number of ether oxygens (including phenoxy) is 1. The molecule has 1 amide bonds. The van der Waals surface area contributed by atoms with Crippen molar-refractivity contribution >= 4 is 11.9 Å². The summed E-state index contributed by atoms with van der Waals surface area (Å²) < 4.78 is 7.11. The van der Waals surface area contributed by atoms with Crippen LogP contribution in [0, 0.1) is 25.7 Å². The number of benzene rings is 1. The molecule has 0 radical (unpaired) electrons. The number of carbonyl (C=O) groups is 2. The Morgan fingerprint density at radius 1 is 1.17 bits per heavy atom. The first-order valence-corrected chi connectivity index (χ1v) is 10.4. The Kier molecular flexibility index (Phi) is 6.72. The Balaban J connectivity index is 1.58. The molecule has 1 saturated carbocycles. The van der Waals surface area contributed by atoms with E-state index in [-0.39, 0.29) is 18.6 Å². The molecule has 0 spiro atoms. The molecular weight excluding hydrogens is 366 g/mol. The van der Waals surface area contributed by atoms with E-state index in [2.05, 4.69) is 24.3 Å². The van der Waals surface area contributed by atoms with Crippen molar-refractivity contribution in [2.75, 3.05) is 6.61 Å². The van der Waals surface area contributed by atoms with Crippen LogP contribution in [0.4, 0.5) is 0 Å². The third kappa shape index (κ3) is 5.05. The van der Waals surface area contributed by atoms with Gasteiger partial charge in [0.1, 0.15) is 5.56 Å². The van der Waals surface area contributed by atoms with Gasteiger partial charge in [-0.3, -0.25) is 9.48 Å². The maximum Gasteiger partial charge on any atom is 0.342 e. The topological polar surface area (TPSA) is 73.2 Å². The largest absolute Gasteiger partial charge is 0.452 e. The molecule has 1 aliphatic carbocycles. The zero-order valence-corrected chi connectivity index (χ0v) is 17.8. The number of nitrogens with zero attached hydrogens (tertiary/aromatic N) is 2. The van der Waals surface area contributed by atoms with E-state index >= 15 is 0 Å². The van der Waals surface area contributed by atoms with Gasteiger partial charge in [0.15, 0.2) is 6.61 Å². The lowest BCUT2D eigenvalue weighted by Crippen LogP contribution is -2.45. The minimum absolute atomic E-state index is 0.155. The Labute approximate surface area is 172 Å². The highest BCUT2D eigenvalue weighted by molar-refractivity contribution is 5.93. The first kappa shape index (κ1) is 21.1. The van der Waals surface area contributed by atoms with Crippen LogP contribution in [0.15, 0.2) is 30.3 Å². The summed E-state index contributed by atoms with van der Waals surface area (Å²) in [5, 5.41) is 7.52. The van der Waals surface area contributed by atoms with Crippen molar-refractivity contribution in [3.05, 3.63) is 52.8 Å². The lowest BCUT2D eigenvalue weighted by Gasteiger charge is -2.34. The molecule has 29 heavy (non-hydrogen) atoms. The van der Waals surface area contributed by atoms with Crippen LogP contribution in [0.2, 0.25) is 0 Å². The summed E-state index contributed by atoms with van der Waals surface area (Å²) >= 11 is 0. The number of hydrogen-bond acceptors (Lipinski definition) is 4. The molecule has 156 valence electrons. The molecule has 1 fully saturated rings. The van der Waals surface area contributed by atoms with E-state index < -0.39 is 5.97 Å². The molecule has 1 aliphatic rings. The molecule has 0 bridgehead atoms. The number of amides is 1. The van der Waals surface area contributed by atoms with Gasteiger partial charge in [0, 0.05) is 6.04 Å². The molecule has 6 heteroatoms. The average Bonchev–Trinajstić information content (AvgIpc) is 2.97. The van der Waals surface area contributed by atoms with Crippen LogP contribution < -0.4 is 5.32 Å². The number of aromatic nitrogens is 2. The number of carbonyl (C=O) groups excluding carboxylic acids is 2. The van der Waals surface area contributed by atoms with Crippen molar-refractivity contribution < 1.29 is 14.3 Å². The van der Waals surface area contributed by atoms with Crippen molar-refractivity contribution in [1.29, 1.82) is 0 Å². The second-order valence-electron chi connectivity index (χ2n) is 8.21. The molecule has 0 aliphatic heterocycles. The molecule has 1 aromatic carbocycles. The van der Waals surface area contributed by atoms with Crippen LogP contribution in [0.5, 0.6) is 0 Å². The highest BCUT2D eigenvalue weighted by Gasteiger charge is 2.28. The molecule has 0 unspecified atom stereocenters. The molecule has 1 aromatic heterocycles. The Morgan fingerprint density at radius 3 is 2.62 bits per heavy atom. The van der Waals surface area contributed by atoms with Crippen LogP contribution in [0.1, 0.15) is 60.4 Å². The molecule has 6 nitrogen and oxygen atoms in total. The van der Waals surface area contributed by atoms with E-state index in [9.17, 15) is 9.59 Å². The van der Waals surface area contributed by atoms with E-state index in [1.54, 1.807) is 11.6 Å². The fourth-order valence-corrected chi connectivity index (χ4v) is 4.14. The van der Waals surface area contributed by atoms with Crippen LogP contribution in [-0.2, 0) is 16.1 Å². The minimum Gasteiger partial charge on any atom is -0.452 e. The molecular formula is C23H31N3O3. The van der Waals surface area contributed by atoms with Gasteiger partial charge in [0.05, 0.1) is 17.9 Å². The molecule has 0 saturated heterocycles. The van der Waals surface area contributed by atoms with Gasteiger partial charge in [-0.2, -0.15) is 5.10 Å². The Hall–Kier alpha value is -2.63. The van der Waals surface area contributed by atoms with Gasteiger partial charge < -0.3 is 10.1 Å². The van der Waals surface area contributed by atoms with E-state index in [0.29, 0.717) is 29.6 Å². The molecule has 3 rings (SSSR count). The molecule has 1 heterocycles. The van der Waals surface area contributed by atoms with Crippen molar-refractivity contribution in [3.8, 4) is 0 Å². The van der Waals surface area contributed by atoms with Crippen LogP contribution in [0.25, 0.3) is 0 Å². The highest BCUT2D eigenvalue weighted by Crippen LogP contribution is 2.29. The van der Waals surface area contributed by atoms with Crippen LogP contribution >= 0.6 is 0 Å². The Bertz CT molecular complexity index is 860. The summed E-state index contributed by atoms with van der Waals surface area (Å²) in [6.07, 6.45) is 3.30. The quantitative estimate of drug-likeness (QED) is 0.755. The zero-order chi connectivity index (χ0) is 21.0. The summed E-state index contributed by atoms with van der Waals surface area (Å²) in [4.78, 5) is 24.9. The van der Waals surface area contributed by atoms with Gasteiger partial charge in [-0.1, -0.05) is 57.0 Å². The van der Waals surface area contributed by atoms with E-state index in [1.165, 1.54) is 6.42 Å². The standard InChI is InChI=1S/C23H31N3O3/c1-15-9-8-12-20(16(15)2)24-21(27)14-29-23(28)22-17(3)25-26(18(22)4)13-19-10-6-5-7-11-19/h5-7,10-11,15-16,20H,8-9,12-14H2,1-4H3,(H,24,27)/t15-,16+,20+/m1/s1. The van der Waals surface area contributed by atoms with Gasteiger partial charge in [0.25, 0.3) is 5.91 Å². The monoisotopic (exact) mass is 397 g/mol. The number of nitrogens with one attached hydrogen (secondary N) is 1. The SMILES string of the molecule is Cc1nn(Cc2ccccc2)c(C)c1C(=O)OCC(=O)N[C@H]1CCC[C@@H](C)[C@@H]1C. The van der Waals surface area contributed by atoms with Gasteiger partial charge >= 0.3 is 5.97 Å². The average molecular weight is 398 g/mol. The molecule has 3 atom stereocenters. The maximum absolute atomic E-state index is 12.6. The van der Waals surface area contributed by atoms with Crippen molar-refractivity contribution in [3.63, 3.8) is 0 Å². The van der Waals surface area contributed by atoms with Crippen LogP contribution in [0.3, 0.4) is 0 Å². The van der Waals surface area contributed by atoms with Crippen molar-refractivity contribution in [2.24, 2.45) is 11.8 Å². The smallest absolute Gasteiger partial charge is 0.342 e. The summed E-state index contributed by atoms with van der Waals surface area (Å²) in [6.45, 7) is 8.36.